The molecule has 1 saturated heterocycles. The van der Waals surface area contributed by atoms with Crippen molar-refractivity contribution >= 4 is 44.9 Å². The number of aromatic hydroxyl groups is 1. The second kappa shape index (κ2) is 6.66. The largest absolute Gasteiger partial charge is 0.507 e. The molecule has 2 aromatic carbocycles. The Morgan fingerprint density at radius 2 is 2.00 bits per heavy atom. The highest BCUT2D eigenvalue weighted by molar-refractivity contribution is 6.02. The maximum absolute atomic E-state index is 14.9. The number of carbonyl (C=O) groups excluding carboxylic acids is 1. The van der Waals surface area contributed by atoms with Crippen LogP contribution in [0.4, 0.5) is 21.6 Å². The van der Waals surface area contributed by atoms with Crippen molar-refractivity contribution in [2.75, 3.05) is 16.8 Å². The number of hydrogen-bond acceptors (Lipinski definition) is 6. The molecule has 0 bridgehead atoms. The van der Waals surface area contributed by atoms with Crippen molar-refractivity contribution in [2.24, 2.45) is 0 Å². The molecule has 2 aromatic heterocycles. The highest BCUT2D eigenvalue weighted by Gasteiger charge is 2.23. The molecule has 5 rings (SSSR count). The summed E-state index contributed by atoms with van der Waals surface area (Å²) in [6.07, 6.45) is 4.21. The number of phenols is 1. The van der Waals surface area contributed by atoms with E-state index in [2.05, 4.69) is 20.3 Å². The van der Waals surface area contributed by atoms with Gasteiger partial charge in [-0.3, -0.25) is 9.78 Å². The zero-order chi connectivity index (χ0) is 20.0. The number of nitrogens with zero attached hydrogens (tertiary/aromatic N) is 4. The van der Waals surface area contributed by atoms with Gasteiger partial charge in [-0.05, 0) is 36.8 Å². The van der Waals surface area contributed by atoms with E-state index in [-0.39, 0.29) is 23.2 Å². The fraction of sp³-hybridized carbons (Fsp3) is 0.143. The topological polar surface area (TPSA) is 91.2 Å². The number of nitrogens with one attached hydrogen (secondary N) is 1. The monoisotopic (exact) mass is 389 g/mol. The van der Waals surface area contributed by atoms with Gasteiger partial charge in [0.1, 0.15) is 17.9 Å². The predicted octanol–water partition coefficient (Wildman–Crippen LogP) is 3.89. The minimum absolute atomic E-state index is 0.0167. The van der Waals surface area contributed by atoms with Crippen molar-refractivity contribution in [1.29, 1.82) is 0 Å². The number of halogens is 1. The maximum Gasteiger partial charge on any atom is 0.227 e. The molecule has 2 N–H and O–H groups in total. The van der Waals surface area contributed by atoms with Gasteiger partial charge in [-0.15, -0.1) is 0 Å². The van der Waals surface area contributed by atoms with E-state index in [0.717, 1.165) is 6.42 Å². The van der Waals surface area contributed by atoms with Gasteiger partial charge in [0.2, 0.25) is 5.91 Å². The number of benzene rings is 2. The second-order valence-corrected chi connectivity index (χ2v) is 6.85. The number of hydrogen-bond donors (Lipinski definition) is 2. The molecule has 3 heterocycles. The quantitative estimate of drug-likeness (QED) is 0.552. The molecule has 0 atom stereocenters. The van der Waals surface area contributed by atoms with E-state index in [1.165, 1.54) is 12.4 Å². The van der Waals surface area contributed by atoms with E-state index in [9.17, 15) is 14.3 Å². The van der Waals surface area contributed by atoms with Crippen molar-refractivity contribution < 1.29 is 14.3 Å². The van der Waals surface area contributed by atoms with Crippen LogP contribution in [0.2, 0.25) is 0 Å². The van der Waals surface area contributed by atoms with Gasteiger partial charge in [-0.1, -0.05) is 0 Å². The van der Waals surface area contributed by atoms with E-state index in [4.69, 9.17) is 0 Å². The van der Waals surface area contributed by atoms with Gasteiger partial charge in [0.25, 0.3) is 0 Å². The molecule has 0 saturated carbocycles. The van der Waals surface area contributed by atoms with Crippen molar-refractivity contribution in [1.82, 2.24) is 15.0 Å². The lowest BCUT2D eigenvalue weighted by Crippen LogP contribution is -2.23. The molecule has 1 aliphatic heterocycles. The summed E-state index contributed by atoms with van der Waals surface area (Å²) < 4.78 is 14.9. The SMILES string of the molecule is O=C1CCCN1c1cc(O)c2c(Nc3ccc4ncccc4c3F)ncnc2c1. The van der Waals surface area contributed by atoms with Crippen LogP contribution >= 0.6 is 0 Å². The van der Waals surface area contributed by atoms with Crippen LogP contribution in [-0.4, -0.2) is 32.5 Å². The van der Waals surface area contributed by atoms with Gasteiger partial charge < -0.3 is 15.3 Å². The van der Waals surface area contributed by atoms with Crippen LogP contribution in [0, 0.1) is 5.82 Å². The second-order valence-electron chi connectivity index (χ2n) is 6.85. The molecule has 4 aromatic rings. The summed E-state index contributed by atoms with van der Waals surface area (Å²) in [7, 11) is 0. The molecule has 0 aliphatic carbocycles. The summed E-state index contributed by atoms with van der Waals surface area (Å²) in [5.74, 6) is -0.249. The Balaban J connectivity index is 1.59. The van der Waals surface area contributed by atoms with Gasteiger partial charge >= 0.3 is 0 Å². The molecule has 0 radical (unpaired) electrons. The number of aromatic nitrogens is 3. The molecule has 1 aliphatic rings. The van der Waals surface area contributed by atoms with E-state index in [1.807, 2.05) is 0 Å². The average Bonchev–Trinajstić information content (AvgIpc) is 3.16. The first kappa shape index (κ1) is 17.3. The standard InChI is InChI=1S/C21H16FN5O2/c22-20-13-3-1-7-23-14(13)5-6-15(20)26-21-19-16(24-11-25-21)9-12(10-17(19)28)27-8-2-4-18(27)29/h1,3,5-7,9-11,28H,2,4,8H2,(H,24,25,26). The molecule has 0 unspecified atom stereocenters. The first-order chi connectivity index (χ1) is 14.1. The molecule has 1 fully saturated rings. The fourth-order valence-corrected chi connectivity index (χ4v) is 3.67. The van der Waals surface area contributed by atoms with Crippen LogP contribution < -0.4 is 10.2 Å². The lowest BCUT2D eigenvalue weighted by molar-refractivity contribution is -0.117. The van der Waals surface area contributed by atoms with Crippen LogP contribution in [0.25, 0.3) is 21.8 Å². The molecule has 144 valence electrons. The highest BCUT2D eigenvalue weighted by atomic mass is 19.1. The third-order valence-corrected chi connectivity index (χ3v) is 5.06. The molecule has 1 amide bonds. The molecule has 7 nitrogen and oxygen atoms in total. The summed E-state index contributed by atoms with van der Waals surface area (Å²) in [5, 5.41) is 14.3. The van der Waals surface area contributed by atoms with Gasteiger partial charge in [-0.25, -0.2) is 14.4 Å². The Bertz CT molecular complexity index is 1280. The third-order valence-electron chi connectivity index (χ3n) is 5.06. The number of carbonyl (C=O) groups is 1. The number of amides is 1. The predicted molar refractivity (Wildman–Crippen MR) is 108 cm³/mol. The van der Waals surface area contributed by atoms with Crippen molar-refractivity contribution in [3.05, 3.63) is 54.7 Å². The summed E-state index contributed by atoms with van der Waals surface area (Å²) in [6.45, 7) is 0.607. The van der Waals surface area contributed by atoms with Gasteiger partial charge in [-0.2, -0.15) is 0 Å². The Labute approximate surface area is 164 Å². The maximum atomic E-state index is 14.9. The van der Waals surface area contributed by atoms with Crippen molar-refractivity contribution in [3.8, 4) is 5.75 Å². The van der Waals surface area contributed by atoms with E-state index in [0.29, 0.717) is 40.5 Å². The van der Waals surface area contributed by atoms with Gasteiger partial charge in [0, 0.05) is 36.3 Å². The number of rotatable bonds is 3. The van der Waals surface area contributed by atoms with Crippen LogP contribution in [0.3, 0.4) is 0 Å². The highest BCUT2D eigenvalue weighted by Crippen LogP contribution is 2.36. The molecule has 29 heavy (non-hydrogen) atoms. The number of phenolic OH excluding ortho intramolecular Hbond substituents is 1. The summed E-state index contributed by atoms with van der Waals surface area (Å²) in [6, 6.07) is 9.85. The summed E-state index contributed by atoms with van der Waals surface area (Å²) >= 11 is 0. The normalized spacial score (nSPS) is 14.1. The number of fused-ring (bicyclic) bond motifs is 2. The first-order valence-corrected chi connectivity index (χ1v) is 9.20. The zero-order valence-corrected chi connectivity index (χ0v) is 15.3. The lowest BCUT2D eigenvalue weighted by atomic mass is 10.1. The van der Waals surface area contributed by atoms with Crippen molar-refractivity contribution in [3.63, 3.8) is 0 Å². The average molecular weight is 389 g/mol. The lowest BCUT2D eigenvalue weighted by Gasteiger charge is -2.17. The zero-order valence-electron chi connectivity index (χ0n) is 15.3. The minimum atomic E-state index is -0.457. The molecule has 8 heteroatoms. The Morgan fingerprint density at radius 1 is 1.10 bits per heavy atom. The molecule has 0 spiro atoms. The smallest absolute Gasteiger partial charge is 0.227 e. The number of pyridine rings is 1. The summed E-state index contributed by atoms with van der Waals surface area (Å²) in [5.41, 5.74) is 1.81. The fourth-order valence-electron chi connectivity index (χ4n) is 3.67. The van der Waals surface area contributed by atoms with Gasteiger partial charge in [0.05, 0.1) is 22.1 Å². The Kier molecular flexibility index (Phi) is 3.97. The third kappa shape index (κ3) is 2.89. The van der Waals surface area contributed by atoms with Crippen molar-refractivity contribution in [2.45, 2.75) is 12.8 Å². The number of anilines is 3. The minimum Gasteiger partial charge on any atom is -0.507 e. The van der Waals surface area contributed by atoms with Crippen LogP contribution in [0.5, 0.6) is 5.75 Å². The van der Waals surface area contributed by atoms with E-state index < -0.39 is 5.82 Å². The molecular weight excluding hydrogens is 373 g/mol. The molecular formula is C21H16FN5O2. The Morgan fingerprint density at radius 3 is 2.83 bits per heavy atom. The van der Waals surface area contributed by atoms with Gasteiger partial charge in [0.15, 0.2) is 5.82 Å². The van der Waals surface area contributed by atoms with Crippen LogP contribution in [0.1, 0.15) is 12.8 Å². The van der Waals surface area contributed by atoms with Crippen LogP contribution in [-0.2, 0) is 4.79 Å². The Hall–Kier alpha value is -3.81. The first-order valence-electron chi connectivity index (χ1n) is 9.20. The summed E-state index contributed by atoms with van der Waals surface area (Å²) in [4.78, 5) is 26.2. The van der Waals surface area contributed by atoms with Crippen LogP contribution in [0.15, 0.2) is 48.9 Å². The van der Waals surface area contributed by atoms with E-state index >= 15 is 0 Å². The van der Waals surface area contributed by atoms with E-state index in [1.54, 1.807) is 41.4 Å².